The summed E-state index contributed by atoms with van der Waals surface area (Å²) in [5.41, 5.74) is 3.91. The Balaban J connectivity index is 2.50. The van der Waals surface area contributed by atoms with E-state index in [1.165, 1.54) is 5.57 Å². The number of hydrogen-bond acceptors (Lipinski definition) is 2. The van der Waals surface area contributed by atoms with Crippen LogP contribution in [0.1, 0.15) is 70.4 Å². The first-order valence-corrected chi connectivity index (χ1v) is 8.67. The fourth-order valence-corrected chi connectivity index (χ4v) is 3.57. The predicted molar refractivity (Wildman–Crippen MR) is 97.0 cm³/mol. The quantitative estimate of drug-likeness (QED) is 0.670. The van der Waals surface area contributed by atoms with Crippen molar-refractivity contribution in [3.05, 3.63) is 47.1 Å². The van der Waals surface area contributed by atoms with Gasteiger partial charge in [-0.05, 0) is 62.6 Å². The minimum atomic E-state index is -0.139. The lowest BCUT2D eigenvalue weighted by Crippen LogP contribution is -2.29. The van der Waals surface area contributed by atoms with Crippen molar-refractivity contribution >= 4 is 0 Å². The molecule has 2 heteroatoms. The third kappa shape index (κ3) is 3.46. The van der Waals surface area contributed by atoms with E-state index in [1.54, 1.807) is 0 Å². The lowest BCUT2D eigenvalue weighted by atomic mass is 9.63. The van der Waals surface area contributed by atoms with Gasteiger partial charge in [0.15, 0.2) is 0 Å². The van der Waals surface area contributed by atoms with Gasteiger partial charge in [-0.3, -0.25) is 0 Å². The van der Waals surface area contributed by atoms with Crippen molar-refractivity contribution in [1.29, 1.82) is 0 Å². The Labute approximate surface area is 140 Å². The number of aromatic hydroxyl groups is 2. The molecule has 2 N–H and O–H groups in total. The highest BCUT2D eigenvalue weighted by Crippen LogP contribution is 2.53. The molecule has 1 aliphatic rings. The first-order valence-electron chi connectivity index (χ1n) is 8.67. The molecule has 0 heterocycles. The molecule has 1 aromatic carbocycles. The summed E-state index contributed by atoms with van der Waals surface area (Å²) in [4.78, 5) is 0. The zero-order chi connectivity index (χ0) is 17.2. The summed E-state index contributed by atoms with van der Waals surface area (Å²) in [5, 5.41) is 21.2. The van der Waals surface area contributed by atoms with E-state index >= 15 is 0 Å². The van der Waals surface area contributed by atoms with Crippen LogP contribution in [0.5, 0.6) is 11.5 Å². The van der Waals surface area contributed by atoms with Crippen LogP contribution in [0, 0.1) is 5.41 Å². The molecule has 1 aromatic rings. The zero-order valence-electron chi connectivity index (χ0n) is 14.9. The molecule has 126 valence electrons. The largest absolute Gasteiger partial charge is 0.507 e. The van der Waals surface area contributed by atoms with Gasteiger partial charge in [0.2, 0.25) is 0 Å². The second-order valence-electron chi connectivity index (χ2n) is 7.34. The summed E-state index contributed by atoms with van der Waals surface area (Å²) in [5.74, 6) is 0.382. The molecule has 0 saturated carbocycles. The Kier molecular flexibility index (Phi) is 5.23. The zero-order valence-corrected chi connectivity index (χ0v) is 14.9. The molecule has 0 amide bonds. The topological polar surface area (TPSA) is 40.5 Å². The van der Waals surface area contributed by atoms with Crippen LogP contribution in [0.15, 0.2) is 35.9 Å². The van der Waals surface area contributed by atoms with Gasteiger partial charge in [0.05, 0.1) is 0 Å². The molecular weight excluding hydrogens is 284 g/mol. The Morgan fingerprint density at radius 1 is 1.30 bits per heavy atom. The minimum Gasteiger partial charge on any atom is -0.507 e. The Bertz CT molecular complexity index is 604. The van der Waals surface area contributed by atoms with Gasteiger partial charge in [0.1, 0.15) is 11.5 Å². The van der Waals surface area contributed by atoms with E-state index < -0.39 is 0 Å². The number of phenolic OH excluding ortho intramolecular Hbond substituents is 2. The van der Waals surface area contributed by atoms with Crippen molar-refractivity contribution in [2.24, 2.45) is 5.41 Å². The standard InChI is InChI=1S/C21H30O2/c1-6-7-8-16-12-18(22)20(19(23)13-16)17-11-15(4)9-10-21(17,5)14(2)3/h11-13,17,22-23H,2,6-10H2,1,3-5H3. The number of hydrogen-bond donors (Lipinski definition) is 2. The highest BCUT2D eigenvalue weighted by molar-refractivity contribution is 5.52. The third-order valence-electron chi connectivity index (χ3n) is 5.48. The molecule has 0 spiro atoms. The molecule has 0 radical (unpaired) electrons. The van der Waals surface area contributed by atoms with E-state index in [4.69, 9.17) is 0 Å². The van der Waals surface area contributed by atoms with Crippen molar-refractivity contribution in [2.45, 2.75) is 65.7 Å². The number of unbranched alkanes of at least 4 members (excludes halogenated alkanes) is 1. The monoisotopic (exact) mass is 314 g/mol. The van der Waals surface area contributed by atoms with Crippen LogP contribution in [-0.2, 0) is 6.42 Å². The van der Waals surface area contributed by atoms with E-state index in [-0.39, 0.29) is 22.8 Å². The summed E-state index contributed by atoms with van der Waals surface area (Å²) in [7, 11) is 0. The second kappa shape index (κ2) is 6.82. The van der Waals surface area contributed by atoms with Crippen LogP contribution < -0.4 is 0 Å². The maximum atomic E-state index is 10.6. The number of phenols is 2. The van der Waals surface area contributed by atoms with Crippen LogP contribution in [0.2, 0.25) is 0 Å². The average molecular weight is 314 g/mol. The van der Waals surface area contributed by atoms with Gasteiger partial charge in [0.25, 0.3) is 0 Å². The molecule has 0 aliphatic heterocycles. The van der Waals surface area contributed by atoms with Crippen molar-refractivity contribution in [3.8, 4) is 11.5 Å². The fraction of sp³-hybridized carbons (Fsp3) is 0.524. The fourth-order valence-electron chi connectivity index (χ4n) is 3.57. The van der Waals surface area contributed by atoms with E-state index in [0.717, 1.165) is 43.2 Å². The summed E-state index contributed by atoms with van der Waals surface area (Å²) in [6.07, 6.45) is 7.27. The molecule has 2 atom stereocenters. The van der Waals surface area contributed by atoms with Crippen molar-refractivity contribution in [2.75, 3.05) is 0 Å². The number of benzene rings is 1. The van der Waals surface area contributed by atoms with Gasteiger partial charge in [-0.25, -0.2) is 0 Å². The molecule has 0 aromatic heterocycles. The summed E-state index contributed by atoms with van der Waals surface area (Å²) < 4.78 is 0. The van der Waals surface area contributed by atoms with E-state index in [1.807, 2.05) is 19.1 Å². The third-order valence-corrected chi connectivity index (χ3v) is 5.48. The Hall–Kier alpha value is -1.70. The van der Waals surface area contributed by atoms with Gasteiger partial charge in [0, 0.05) is 11.5 Å². The van der Waals surface area contributed by atoms with E-state index in [2.05, 4.69) is 33.4 Å². The number of allylic oxidation sites excluding steroid dienone is 3. The van der Waals surface area contributed by atoms with Crippen molar-refractivity contribution in [1.82, 2.24) is 0 Å². The average Bonchev–Trinajstić information content (AvgIpc) is 2.48. The van der Waals surface area contributed by atoms with Crippen LogP contribution in [-0.4, -0.2) is 10.2 Å². The molecule has 23 heavy (non-hydrogen) atoms. The van der Waals surface area contributed by atoms with Crippen LogP contribution in [0.4, 0.5) is 0 Å². The highest BCUT2D eigenvalue weighted by atomic mass is 16.3. The van der Waals surface area contributed by atoms with Crippen LogP contribution in [0.25, 0.3) is 0 Å². The summed E-state index contributed by atoms with van der Waals surface area (Å²) in [6, 6.07) is 3.64. The smallest absolute Gasteiger partial charge is 0.123 e. The molecule has 0 saturated heterocycles. The maximum Gasteiger partial charge on any atom is 0.123 e. The summed E-state index contributed by atoms with van der Waals surface area (Å²) in [6.45, 7) is 12.7. The van der Waals surface area contributed by atoms with Gasteiger partial charge >= 0.3 is 0 Å². The van der Waals surface area contributed by atoms with Gasteiger partial charge in [-0.1, -0.05) is 44.1 Å². The number of rotatable bonds is 5. The van der Waals surface area contributed by atoms with Gasteiger partial charge in [-0.2, -0.15) is 0 Å². The van der Waals surface area contributed by atoms with E-state index in [9.17, 15) is 10.2 Å². The molecule has 2 rings (SSSR count). The predicted octanol–water partition coefficient (Wildman–Crippen LogP) is 5.85. The Morgan fingerprint density at radius 2 is 1.91 bits per heavy atom. The molecule has 0 bridgehead atoms. The lowest BCUT2D eigenvalue weighted by Gasteiger charge is -2.41. The first kappa shape index (κ1) is 17.7. The minimum absolute atomic E-state index is 0.0334. The lowest BCUT2D eigenvalue weighted by molar-refractivity contribution is 0.296. The highest BCUT2D eigenvalue weighted by Gasteiger charge is 2.39. The van der Waals surface area contributed by atoms with Crippen LogP contribution >= 0.6 is 0 Å². The molecular formula is C21H30O2. The molecule has 2 unspecified atom stereocenters. The van der Waals surface area contributed by atoms with Crippen molar-refractivity contribution in [3.63, 3.8) is 0 Å². The second-order valence-corrected chi connectivity index (χ2v) is 7.34. The van der Waals surface area contributed by atoms with Gasteiger partial charge < -0.3 is 10.2 Å². The molecule has 1 aliphatic carbocycles. The van der Waals surface area contributed by atoms with E-state index in [0.29, 0.717) is 5.56 Å². The molecule has 2 nitrogen and oxygen atoms in total. The van der Waals surface area contributed by atoms with Crippen molar-refractivity contribution < 1.29 is 10.2 Å². The SMILES string of the molecule is C=C(C)C1(C)CCC(C)=CC1c1c(O)cc(CCCC)cc1O. The van der Waals surface area contributed by atoms with Gasteiger partial charge in [-0.15, -0.1) is 0 Å². The number of aryl methyl sites for hydroxylation is 1. The molecule has 0 fully saturated rings. The Morgan fingerprint density at radius 3 is 2.43 bits per heavy atom. The first-order chi connectivity index (χ1) is 10.8. The van der Waals surface area contributed by atoms with Crippen LogP contribution in [0.3, 0.4) is 0 Å². The normalized spacial score (nSPS) is 24.3. The summed E-state index contributed by atoms with van der Waals surface area (Å²) >= 11 is 0. The maximum absolute atomic E-state index is 10.6.